The van der Waals surface area contributed by atoms with Gasteiger partial charge in [-0.15, -0.1) is 0 Å². The third kappa shape index (κ3) is 2.58. The first kappa shape index (κ1) is 15.0. The van der Waals surface area contributed by atoms with Crippen LogP contribution in [0.25, 0.3) is 0 Å². The Morgan fingerprint density at radius 1 is 1.55 bits per heavy atom. The van der Waals surface area contributed by atoms with E-state index in [0.29, 0.717) is 12.2 Å². The molecule has 1 aromatic heterocycles. The quantitative estimate of drug-likeness (QED) is 0.786. The molecule has 1 fully saturated rings. The fourth-order valence-electron chi connectivity index (χ4n) is 2.45. The van der Waals surface area contributed by atoms with Crippen molar-refractivity contribution in [1.82, 2.24) is 14.2 Å². The first-order chi connectivity index (χ1) is 9.40. The van der Waals surface area contributed by atoms with Gasteiger partial charge in [-0.05, 0) is 26.0 Å². The fraction of sp³-hybridized carbons (Fsp3) is 0.583. The lowest BCUT2D eigenvalue weighted by Crippen LogP contribution is -2.38. The van der Waals surface area contributed by atoms with Gasteiger partial charge in [0.2, 0.25) is 10.0 Å². The summed E-state index contributed by atoms with van der Waals surface area (Å²) in [6.07, 6.45) is 3.03. The first-order valence-corrected chi connectivity index (χ1v) is 7.90. The summed E-state index contributed by atoms with van der Waals surface area (Å²) in [5.74, 6) is -0.249. The number of aromatic nitrogens is 1. The van der Waals surface area contributed by atoms with Gasteiger partial charge in [-0.2, -0.15) is 0 Å². The van der Waals surface area contributed by atoms with E-state index < -0.39 is 10.0 Å². The number of aliphatic hydroxyl groups excluding tert-OH is 1. The van der Waals surface area contributed by atoms with Crippen molar-refractivity contribution in [3.63, 3.8) is 0 Å². The van der Waals surface area contributed by atoms with Crippen LogP contribution in [-0.4, -0.2) is 55.1 Å². The van der Waals surface area contributed by atoms with Crippen molar-refractivity contribution in [3.8, 4) is 0 Å². The van der Waals surface area contributed by atoms with Crippen LogP contribution in [0.3, 0.4) is 0 Å². The van der Waals surface area contributed by atoms with E-state index in [2.05, 4.69) is 4.72 Å². The maximum atomic E-state index is 12.4. The van der Waals surface area contributed by atoms with Gasteiger partial charge in [-0.25, -0.2) is 13.1 Å². The standard InChI is InChI=1S/C12H19N3O4S/c1-13-20(18,19)10-6-11(14(2)7-10)12(17)15-5-3-4-9(15)8-16/h6-7,9,13,16H,3-5,8H2,1-2H3/t9-/m0/s1. The summed E-state index contributed by atoms with van der Waals surface area (Å²) >= 11 is 0. The second-order valence-electron chi connectivity index (χ2n) is 4.86. The summed E-state index contributed by atoms with van der Waals surface area (Å²) in [6.45, 7) is 0.515. The average molecular weight is 301 g/mol. The van der Waals surface area contributed by atoms with Crippen molar-refractivity contribution in [1.29, 1.82) is 0 Å². The zero-order valence-corrected chi connectivity index (χ0v) is 12.4. The third-order valence-corrected chi connectivity index (χ3v) is 5.01. The van der Waals surface area contributed by atoms with E-state index in [9.17, 15) is 18.3 Å². The summed E-state index contributed by atoms with van der Waals surface area (Å²) in [7, 11) is -0.611. The predicted octanol–water partition coefficient (Wildman–Crippen LogP) is -0.470. The minimum absolute atomic E-state index is 0.0607. The lowest BCUT2D eigenvalue weighted by atomic mass is 10.2. The molecule has 7 nitrogen and oxygen atoms in total. The molecular weight excluding hydrogens is 282 g/mol. The molecule has 1 aromatic rings. The molecule has 1 aliphatic rings. The molecule has 0 radical (unpaired) electrons. The Labute approximate surface area is 118 Å². The Bertz CT molecular complexity index is 608. The SMILES string of the molecule is CNS(=O)(=O)c1cc(C(=O)N2CCC[C@H]2CO)n(C)c1. The third-order valence-electron chi connectivity index (χ3n) is 3.63. The molecule has 8 heteroatoms. The van der Waals surface area contributed by atoms with Crippen LogP contribution >= 0.6 is 0 Å². The van der Waals surface area contributed by atoms with Crippen LogP contribution < -0.4 is 4.72 Å². The van der Waals surface area contributed by atoms with Crippen LogP contribution in [0.2, 0.25) is 0 Å². The van der Waals surface area contributed by atoms with Crippen molar-refractivity contribution in [3.05, 3.63) is 18.0 Å². The molecule has 1 aliphatic heterocycles. The molecule has 1 amide bonds. The molecule has 1 saturated heterocycles. The van der Waals surface area contributed by atoms with Gasteiger partial charge < -0.3 is 14.6 Å². The second kappa shape index (κ2) is 5.55. The zero-order valence-electron chi connectivity index (χ0n) is 11.5. The van der Waals surface area contributed by atoms with E-state index in [0.717, 1.165) is 12.8 Å². The molecular formula is C12H19N3O4S. The van der Waals surface area contributed by atoms with Crippen LogP contribution in [-0.2, 0) is 17.1 Å². The molecule has 112 valence electrons. The number of nitrogens with zero attached hydrogens (tertiary/aromatic N) is 2. The van der Waals surface area contributed by atoms with Crippen LogP contribution in [0, 0.1) is 0 Å². The maximum absolute atomic E-state index is 12.4. The summed E-state index contributed by atoms with van der Waals surface area (Å²) < 4.78 is 27.2. The molecule has 2 heterocycles. The van der Waals surface area contributed by atoms with Crippen molar-refractivity contribution < 1.29 is 18.3 Å². The number of hydrogen-bond donors (Lipinski definition) is 2. The number of aryl methyl sites for hydroxylation is 1. The molecule has 0 bridgehead atoms. The molecule has 2 rings (SSSR count). The number of carbonyl (C=O) groups excluding carboxylic acids is 1. The van der Waals surface area contributed by atoms with Gasteiger partial charge in [-0.1, -0.05) is 0 Å². The number of hydrogen-bond acceptors (Lipinski definition) is 4. The number of nitrogens with one attached hydrogen (secondary N) is 1. The van der Waals surface area contributed by atoms with E-state index >= 15 is 0 Å². The van der Waals surface area contributed by atoms with Crippen molar-refractivity contribution in [2.24, 2.45) is 7.05 Å². The highest BCUT2D eigenvalue weighted by molar-refractivity contribution is 7.89. The molecule has 0 saturated carbocycles. The van der Waals surface area contributed by atoms with Gasteiger partial charge in [-0.3, -0.25) is 4.79 Å². The molecule has 20 heavy (non-hydrogen) atoms. The van der Waals surface area contributed by atoms with Crippen LogP contribution in [0.4, 0.5) is 0 Å². The Morgan fingerprint density at radius 2 is 2.25 bits per heavy atom. The highest BCUT2D eigenvalue weighted by Gasteiger charge is 2.31. The largest absolute Gasteiger partial charge is 0.394 e. The molecule has 0 aromatic carbocycles. The summed E-state index contributed by atoms with van der Waals surface area (Å²) in [5, 5.41) is 9.27. The highest BCUT2D eigenvalue weighted by atomic mass is 32.2. The molecule has 0 aliphatic carbocycles. The number of amides is 1. The number of sulfonamides is 1. The Kier molecular flexibility index (Phi) is 4.17. The lowest BCUT2D eigenvalue weighted by Gasteiger charge is -2.23. The van der Waals surface area contributed by atoms with Gasteiger partial charge in [0.15, 0.2) is 0 Å². The lowest BCUT2D eigenvalue weighted by molar-refractivity contribution is 0.0668. The van der Waals surface area contributed by atoms with E-state index in [-0.39, 0.29) is 23.5 Å². The van der Waals surface area contributed by atoms with E-state index in [1.54, 1.807) is 11.9 Å². The summed E-state index contributed by atoms with van der Waals surface area (Å²) in [6, 6.07) is 1.18. The van der Waals surface area contributed by atoms with Crippen LogP contribution in [0.1, 0.15) is 23.3 Å². The van der Waals surface area contributed by atoms with Crippen molar-refractivity contribution in [2.45, 2.75) is 23.8 Å². The van der Waals surface area contributed by atoms with Crippen LogP contribution in [0.5, 0.6) is 0 Å². The Hall–Kier alpha value is -1.38. The van der Waals surface area contributed by atoms with Crippen molar-refractivity contribution >= 4 is 15.9 Å². The van der Waals surface area contributed by atoms with E-state index in [1.807, 2.05) is 0 Å². The predicted molar refractivity (Wildman–Crippen MR) is 72.8 cm³/mol. The minimum Gasteiger partial charge on any atom is -0.394 e. The summed E-state index contributed by atoms with van der Waals surface area (Å²) in [4.78, 5) is 14.1. The van der Waals surface area contributed by atoms with Crippen molar-refractivity contribution in [2.75, 3.05) is 20.2 Å². The topological polar surface area (TPSA) is 91.6 Å². The molecule has 0 spiro atoms. The molecule has 1 atom stereocenters. The van der Waals surface area contributed by atoms with Gasteiger partial charge in [0.1, 0.15) is 10.6 Å². The van der Waals surface area contributed by atoms with E-state index in [1.165, 1.54) is 23.9 Å². The highest BCUT2D eigenvalue weighted by Crippen LogP contribution is 2.21. The second-order valence-corrected chi connectivity index (χ2v) is 6.74. The number of aliphatic hydroxyl groups is 1. The Balaban J connectivity index is 2.32. The molecule has 2 N–H and O–H groups in total. The summed E-state index contributed by atoms with van der Waals surface area (Å²) in [5.41, 5.74) is 0.305. The monoisotopic (exact) mass is 301 g/mol. The molecule has 0 unspecified atom stereocenters. The van der Waals surface area contributed by atoms with Gasteiger partial charge in [0.05, 0.1) is 12.6 Å². The van der Waals surface area contributed by atoms with Gasteiger partial charge >= 0.3 is 0 Å². The fourth-order valence-corrected chi connectivity index (χ4v) is 3.25. The van der Waals surface area contributed by atoms with Gasteiger partial charge in [0.25, 0.3) is 5.91 Å². The minimum atomic E-state index is -3.57. The maximum Gasteiger partial charge on any atom is 0.270 e. The first-order valence-electron chi connectivity index (χ1n) is 6.42. The van der Waals surface area contributed by atoms with Gasteiger partial charge in [0, 0.05) is 19.8 Å². The van der Waals surface area contributed by atoms with Crippen LogP contribution in [0.15, 0.2) is 17.2 Å². The Morgan fingerprint density at radius 3 is 2.85 bits per heavy atom. The number of rotatable bonds is 4. The van der Waals surface area contributed by atoms with E-state index in [4.69, 9.17) is 0 Å². The number of carbonyl (C=O) groups is 1. The number of likely N-dealkylation sites (tertiary alicyclic amines) is 1. The zero-order chi connectivity index (χ0) is 14.9. The normalized spacial score (nSPS) is 19.6. The average Bonchev–Trinajstić information content (AvgIpc) is 3.04. The smallest absolute Gasteiger partial charge is 0.270 e.